The van der Waals surface area contributed by atoms with Gasteiger partial charge in [0, 0.05) is 17.5 Å². The summed E-state index contributed by atoms with van der Waals surface area (Å²) in [5.74, 6) is 0.348. The second-order valence-corrected chi connectivity index (χ2v) is 4.57. The lowest BCUT2D eigenvalue weighted by Crippen LogP contribution is -2.38. The molecule has 88 valence electrons. The third kappa shape index (κ3) is 1.70. The van der Waals surface area contributed by atoms with Gasteiger partial charge < -0.3 is 5.73 Å². The van der Waals surface area contributed by atoms with Crippen LogP contribution in [-0.4, -0.2) is 11.1 Å². The molecule has 3 rings (SSSR count). The van der Waals surface area contributed by atoms with Crippen molar-refractivity contribution in [1.82, 2.24) is 15.8 Å². The summed E-state index contributed by atoms with van der Waals surface area (Å²) in [7, 11) is 0. The number of nitrogens with one attached hydrogen (secondary N) is 2. The van der Waals surface area contributed by atoms with Gasteiger partial charge in [0.25, 0.3) is 0 Å². The first-order chi connectivity index (χ1) is 8.27. The van der Waals surface area contributed by atoms with E-state index in [2.05, 4.69) is 34.9 Å². The Hall–Kier alpha value is -1.49. The van der Waals surface area contributed by atoms with E-state index in [0.29, 0.717) is 5.92 Å². The van der Waals surface area contributed by atoms with Crippen molar-refractivity contribution in [2.75, 3.05) is 0 Å². The SMILES string of the molecule is CC1C(N)NNC1c1cccc2ncccc12. The topological polar surface area (TPSA) is 63.0 Å². The van der Waals surface area contributed by atoms with Crippen LogP contribution < -0.4 is 16.6 Å². The van der Waals surface area contributed by atoms with Crippen LogP contribution in [0.25, 0.3) is 10.9 Å². The molecule has 1 aliphatic rings. The van der Waals surface area contributed by atoms with Crippen molar-refractivity contribution in [2.24, 2.45) is 11.7 Å². The molecule has 0 saturated carbocycles. The average molecular weight is 228 g/mol. The van der Waals surface area contributed by atoms with E-state index < -0.39 is 0 Å². The van der Waals surface area contributed by atoms with Gasteiger partial charge in [0.2, 0.25) is 0 Å². The molecule has 1 aliphatic heterocycles. The first kappa shape index (κ1) is 10.7. The Kier molecular flexibility index (Phi) is 2.55. The molecule has 2 heterocycles. The van der Waals surface area contributed by atoms with Crippen molar-refractivity contribution in [3.8, 4) is 0 Å². The zero-order valence-corrected chi connectivity index (χ0v) is 9.72. The average Bonchev–Trinajstić information content (AvgIpc) is 2.69. The smallest absolute Gasteiger partial charge is 0.0723 e. The summed E-state index contributed by atoms with van der Waals surface area (Å²) in [5.41, 5.74) is 14.6. The minimum absolute atomic E-state index is 0.00747. The molecule has 1 fully saturated rings. The summed E-state index contributed by atoms with van der Waals surface area (Å²) in [5, 5.41) is 1.19. The maximum atomic E-state index is 5.96. The number of hydrazine groups is 1. The monoisotopic (exact) mass is 228 g/mol. The summed E-state index contributed by atoms with van der Waals surface area (Å²) >= 11 is 0. The molecule has 4 heteroatoms. The molecule has 0 bridgehead atoms. The lowest BCUT2D eigenvalue weighted by atomic mass is 9.92. The first-order valence-electron chi connectivity index (χ1n) is 5.87. The highest BCUT2D eigenvalue weighted by atomic mass is 15.4. The molecule has 0 spiro atoms. The van der Waals surface area contributed by atoms with Crippen LogP contribution in [0.3, 0.4) is 0 Å². The molecular formula is C13H16N4. The van der Waals surface area contributed by atoms with Gasteiger partial charge in [-0.05, 0) is 17.7 Å². The molecular weight excluding hydrogens is 212 g/mol. The maximum Gasteiger partial charge on any atom is 0.0723 e. The number of rotatable bonds is 1. The molecule has 4 N–H and O–H groups in total. The highest BCUT2D eigenvalue weighted by Gasteiger charge is 2.31. The number of aromatic nitrogens is 1. The molecule has 1 aromatic carbocycles. The fraction of sp³-hybridized carbons (Fsp3) is 0.308. The number of pyridine rings is 1. The number of hydrogen-bond acceptors (Lipinski definition) is 4. The number of benzene rings is 1. The zero-order valence-electron chi connectivity index (χ0n) is 9.72. The van der Waals surface area contributed by atoms with Crippen LogP contribution in [0.2, 0.25) is 0 Å². The summed E-state index contributed by atoms with van der Waals surface area (Å²) in [6.07, 6.45) is 1.81. The molecule has 1 aromatic heterocycles. The minimum atomic E-state index is -0.00747. The largest absolute Gasteiger partial charge is 0.315 e. The van der Waals surface area contributed by atoms with Crippen molar-refractivity contribution in [3.05, 3.63) is 42.1 Å². The van der Waals surface area contributed by atoms with Gasteiger partial charge in [0.05, 0.1) is 17.7 Å². The minimum Gasteiger partial charge on any atom is -0.315 e. The highest BCUT2D eigenvalue weighted by Crippen LogP contribution is 2.31. The number of hydrogen-bond donors (Lipinski definition) is 3. The number of nitrogens with two attached hydrogens (primary N) is 1. The highest BCUT2D eigenvalue weighted by molar-refractivity contribution is 5.82. The fourth-order valence-corrected chi connectivity index (χ4v) is 2.42. The lowest BCUT2D eigenvalue weighted by molar-refractivity contribution is 0.465. The maximum absolute atomic E-state index is 5.96. The molecule has 2 aromatic rings. The molecule has 0 radical (unpaired) electrons. The van der Waals surface area contributed by atoms with E-state index in [9.17, 15) is 0 Å². The summed E-state index contributed by atoms with van der Waals surface area (Å²) in [4.78, 5) is 4.38. The van der Waals surface area contributed by atoms with E-state index in [1.165, 1.54) is 10.9 Å². The van der Waals surface area contributed by atoms with Crippen LogP contribution in [0.5, 0.6) is 0 Å². The van der Waals surface area contributed by atoms with Crippen molar-refractivity contribution in [1.29, 1.82) is 0 Å². The van der Waals surface area contributed by atoms with Gasteiger partial charge in [0.15, 0.2) is 0 Å². The normalized spacial score (nSPS) is 28.7. The second-order valence-electron chi connectivity index (χ2n) is 4.57. The quantitative estimate of drug-likeness (QED) is 0.688. The molecule has 4 nitrogen and oxygen atoms in total. The van der Waals surface area contributed by atoms with E-state index in [-0.39, 0.29) is 12.2 Å². The predicted octanol–water partition coefficient (Wildman–Crippen LogP) is 1.30. The van der Waals surface area contributed by atoms with Crippen LogP contribution in [-0.2, 0) is 0 Å². The summed E-state index contributed by atoms with van der Waals surface area (Å²) < 4.78 is 0. The van der Waals surface area contributed by atoms with Crippen LogP contribution in [0.1, 0.15) is 18.5 Å². The van der Waals surface area contributed by atoms with Crippen LogP contribution >= 0.6 is 0 Å². The molecule has 3 unspecified atom stereocenters. The van der Waals surface area contributed by atoms with Gasteiger partial charge in [-0.15, -0.1) is 0 Å². The Morgan fingerprint density at radius 2 is 2.06 bits per heavy atom. The first-order valence-corrected chi connectivity index (χ1v) is 5.87. The van der Waals surface area contributed by atoms with E-state index in [0.717, 1.165) is 5.52 Å². The van der Waals surface area contributed by atoms with E-state index in [1.807, 2.05) is 24.4 Å². The third-order valence-corrected chi connectivity index (χ3v) is 3.51. The van der Waals surface area contributed by atoms with Gasteiger partial charge in [-0.3, -0.25) is 4.98 Å². The van der Waals surface area contributed by atoms with E-state index in [1.54, 1.807) is 0 Å². The Bertz CT molecular complexity index is 534. The van der Waals surface area contributed by atoms with Crippen molar-refractivity contribution < 1.29 is 0 Å². The van der Waals surface area contributed by atoms with E-state index >= 15 is 0 Å². The Morgan fingerprint density at radius 3 is 2.82 bits per heavy atom. The molecule has 3 atom stereocenters. The van der Waals surface area contributed by atoms with Crippen LogP contribution in [0.15, 0.2) is 36.5 Å². The zero-order chi connectivity index (χ0) is 11.8. The standard InChI is InChI=1S/C13H16N4/c1-8-12(16-17-13(8)14)10-4-2-6-11-9(10)5-3-7-15-11/h2-8,12-13,16-17H,14H2,1H3. The third-order valence-electron chi connectivity index (χ3n) is 3.51. The molecule has 17 heavy (non-hydrogen) atoms. The van der Waals surface area contributed by atoms with E-state index in [4.69, 9.17) is 5.73 Å². The summed E-state index contributed by atoms with van der Waals surface area (Å²) in [6.45, 7) is 2.15. The number of nitrogens with zero attached hydrogens (tertiary/aromatic N) is 1. The van der Waals surface area contributed by atoms with Gasteiger partial charge >= 0.3 is 0 Å². The number of fused-ring (bicyclic) bond motifs is 1. The van der Waals surface area contributed by atoms with Gasteiger partial charge in [-0.1, -0.05) is 25.1 Å². The Labute approximate surface area is 100 Å². The van der Waals surface area contributed by atoms with Crippen molar-refractivity contribution in [2.45, 2.75) is 19.1 Å². The fourth-order valence-electron chi connectivity index (χ4n) is 2.42. The molecule has 0 aliphatic carbocycles. The van der Waals surface area contributed by atoms with Crippen LogP contribution in [0, 0.1) is 5.92 Å². The second kappa shape index (κ2) is 4.07. The van der Waals surface area contributed by atoms with Gasteiger partial charge in [-0.25, -0.2) is 10.9 Å². The molecule has 0 amide bonds. The van der Waals surface area contributed by atoms with Crippen LogP contribution in [0.4, 0.5) is 0 Å². The Morgan fingerprint density at radius 1 is 1.18 bits per heavy atom. The predicted molar refractivity (Wildman–Crippen MR) is 67.9 cm³/mol. The lowest BCUT2D eigenvalue weighted by Gasteiger charge is -2.18. The van der Waals surface area contributed by atoms with Gasteiger partial charge in [0.1, 0.15) is 0 Å². The van der Waals surface area contributed by atoms with Crippen molar-refractivity contribution >= 4 is 10.9 Å². The van der Waals surface area contributed by atoms with Crippen molar-refractivity contribution in [3.63, 3.8) is 0 Å². The van der Waals surface area contributed by atoms with Gasteiger partial charge in [-0.2, -0.15) is 0 Å². The molecule has 1 saturated heterocycles. The summed E-state index contributed by atoms with van der Waals surface area (Å²) in [6, 6.07) is 10.5. The Balaban J connectivity index is 2.11.